The van der Waals surface area contributed by atoms with Crippen LogP contribution in [-0.4, -0.2) is 38.0 Å². The van der Waals surface area contributed by atoms with Crippen LogP contribution in [0.2, 0.25) is 0 Å². The second kappa shape index (κ2) is 11.1. The molecule has 2 rings (SSSR count). The van der Waals surface area contributed by atoms with Gasteiger partial charge in [0, 0.05) is 6.42 Å². The minimum Gasteiger partial charge on any atom is -0.466 e. The first-order valence-electron chi connectivity index (χ1n) is 9.35. The first-order valence-corrected chi connectivity index (χ1v) is 9.35. The van der Waals surface area contributed by atoms with Gasteiger partial charge in [0.25, 0.3) is 0 Å². The summed E-state index contributed by atoms with van der Waals surface area (Å²) in [6, 6.07) is 3.92. The fourth-order valence-electron chi connectivity index (χ4n) is 2.97. The summed E-state index contributed by atoms with van der Waals surface area (Å²) in [6.45, 7) is 3.96. The van der Waals surface area contributed by atoms with Gasteiger partial charge in [-0.2, -0.15) is 0 Å². The highest BCUT2D eigenvalue weighted by Crippen LogP contribution is 2.20. The van der Waals surface area contributed by atoms with Gasteiger partial charge in [-0.3, -0.25) is 0 Å². The number of aryl methyl sites for hydroxylation is 2. The summed E-state index contributed by atoms with van der Waals surface area (Å²) in [6.07, 6.45) is 10.8. The molecule has 0 radical (unpaired) electrons. The Hall–Kier alpha value is -2.89. The highest BCUT2D eigenvalue weighted by molar-refractivity contribution is 5.99. The van der Waals surface area contributed by atoms with Crippen LogP contribution in [0.4, 0.5) is 0 Å². The van der Waals surface area contributed by atoms with E-state index in [0.717, 1.165) is 29.5 Å². The van der Waals surface area contributed by atoms with E-state index in [2.05, 4.69) is 16.0 Å². The van der Waals surface area contributed by atoms with E-state index in [1.54, 1.807) is 0 Å². The molecular formula is C22H27NO5. The van der Waals surface area contributed by atoms with Crippen LogP contribution in [0.5, 0.6) is 0 Å². The Kier molecular flexibility index (Phi) is 8.46. The summed E-state index contributed by atoms with van der Waals surface area (Å²) in [5.74, 6) is -0.841. The number of hydrogen-bond donors (Lipinski definition) is 0. The largest absolute Gasteiger partial charge is 0.466 e. The average Bonchev–Trinajstić information content (AvgIpc) is 2.65. The minimum atomic E-state index is -0.505. The van der Waals surface area contributed by atoms with Crippen LogP contribution in [0.25, 0.3) is 0 Å². The lowest BCUT2D eigenvalue weighted by Gasteiger charge is -2.14. The number of rotatable bonds is 3. The predicted octanol–water partition coefficient (Wildman–Crippen LogP) is 3.84. The number of carbonyl (C=O) groups is 2. The van der Waals surface area contributed by atoms with Crippen LogP contribution in [0, 0.1) is 13.8 Å². The molecule has 0 aromatic heterocycles. The van der Waals surface area contributed by atoms with Gasteiger partial charge >= 0.3 is 11.9 Å². The predicted molar refractivity (Wildman–Crippen MR) is 107 cm³/mol. The highest BCUT2D eigenvalue weighted by atomic mass is 16.6. The maximum Gasteiger partial charge on any atom is 0.346 e. The Bertz CT molecular complexity index is 792. The average molecular weight is 385 g/mol. The monoisotopic (exact) mass is 385 g/mol. The quantitative estimate of drug-likeness (QED) is 0.449. The number of benzene rings is 1. The number of hydrogen-bond acceptors (Lipinski definition) is 6. The van der Waals surface area contributed by atoms with Crippen molar-refractivity contribution in [3.05, 3.63) is 58.7 Å². The van der Waals surface area contributed by atoms with Crippen molar-refractivity contribution in [2.75, 3.05) is 20.3 Å². The Morgan fingerprint density at radius 3 is 2.68 bits per heavy atom. The van der Waals surface area contributed by atoms with E-state index < -0.39 is 5.97 Å². The molecule has 0 saturated carbocycles. The maximum absolute atomic E-state index is 12.7. The second-order valence-corrected chi connectivity index (χ2v) is 6.60. The molecule has 150 valence electrons. The van der Waals surface area contributed by atoms with Crippen LogP contribution >= 0.6 is 0 Å². The van der Waals surface area contributed by atoms with Crippen LogP contribution in [0.15, 0.2) is 41.6 Å². The van der Waals surface area contributed by atoms with Gasteiger partial charge < -0.3 is 14.3 Å². The molecule has 0 bridgehead atoms. The second-order valence-electron chi connectivity index (χ2n) is 6.60. The van der Waals surface area contributed by atoms with Crippen molar-refractivity contribution in [2.24, 2.45) is 5.16 Å². The number of oxime groups is 1. The molecule has 0 unspecified atom stereocenters. The molecule has 0 atom stereocenters. The van der Waals surface area contributed by atoms with Gasteiger partial charge in [0.1, 0.15) is 0 Å². The molecule has 6 nitrogen and oxygen atoms in total. The van der Waals surface area contributed by atoms with Gasteiger partial charge in [0.15, 0.2) is 0 Å². The van der Waals surface area contributed by atoms with Gasteiger partial charge in [-0.1, -0.05) is 41.1 Å². The van der Waals surface area contributed by atoms with Crippen LogP contribution < -0.4 is 0 Å². The van der Waals surface area contributed by atoms with Crippen molar-refractivity contribution in [3.63, 3.8) is 0 Å². The molecular weight excluding hydrogens is 358 g/mol. The standard InChI is InChI=1S/C22H27NO5/c1-16-12-17(2)21-18(13-16)14-19(23-28-15-20(24)26-3)10-8-6-4-5-7-9-11-27-22(21)25/h5,7-8,10,12-13H,4,6,9,11,14-15H2,1-3H3/b7-5+,10-8?,23-19-. The first kappa shape index (κ1) is 21.4. The summed E-state index contributed by atoms with van der Waals surface area (Å²) in [5, 5.41) is 4.08. The number of esters is 2. The zero-order chi connectivity index (χ0) is 20.4. The third-order valence-corrected chi connectivity index (χ3v) is 4.22. The van der Waals surface area contributed by atoms with Crippen molar-refractivity contribution in [3.8, 4) is 0 Å². The SMILES string of the molecule is COC(=O)CO/N=C1/C=CCC/C=C/CCOC(=O)c2c(C)cc(C)cc2C1. The number of allylic oxidation sites excluding steroid dienone is 3. The molecule has 1 aromatic carbocycles. The van der Waals surface area contributed by atoms with Crippen LogP contribution in [0.1, 0.15) is 46.3 Å². The summed E-state index contributed by atoms with van der Waals surface area (Å²) >= 11 is 0. The summed E-state index contributed by atoms with van der Waals surface area (Å²) in [7, 11) is 1.29. The number of methoxy groups -OCH3 is 1. The molecule has 0 spiro atoms. The topological polar surface area (TPSA) is 74.2 Å². The first-order chi connectivity index (χ1) is 13.5. The van der Waals surface area contributed by atoms with Crippen molar-refractivity contribution in [1.82, 2.24) is 0 Å². The molecule has 0 amide bonds. The summed E-state index contributed by atoms with van der Waals surface area (Å²) < 4.78 is 10.0. The lowest BCUT2D eigenvalue weighted by Crippen LogP contribution is -2.14. The summed E-state index contributed by atoms with van der Waals surface area (Å²) in [5.41, 5.74) is 3.90. The smallest absolute Gasteiger partial charge is 0.346 e. The van der Waals surface area contributed by atoms with E-state index in [-0.39, 0.29) is 12.6 Å². The maximum atomic E-state index is 12.7. The number of fused-ring (bicyclic) bond motifs is 1. The Balaban J connectivity index is 2.36. The Labute approximate surface area is 165 Å². The van der Waals surface area contributed by atoms with E-state index in [0.29, 0.717) is 30.7 Å². The van der Waals surface area contributed by atoms with Gasteiger partial charge in [-0.25, -0.2) is 9.59 Å². The number of carbonyl (C=O) groups excluding carboxylic acids is 2. The zero-order valence-electron chi connectivity index (χ0n) is 16.7. The Morgan fingerprint density at radius 1 is 1.14 bits per heavy atom. The van der Waals surface area contributed by atoms with Crippen molar-refractivity contribution in [2.45, 2.75) is 39.5 Å². The molecule has 0 saturated heterocycles. The normalized spacial score (nSPS) is 18.0. The van der Waals surface area contributed by atoms with Gasteiger partial charge in [0.2, 0.25) is 6.61 Å². The number of ether oxygens (including phenoxy) is 2. The molecule has 6 heteroatoms. The lowest BCUT2D eigenvalue weighted by molar-refractivity contribution is -0.145. The van der Waals surface area contributed by atoms with Gasteiger partial charge in [0.05, 0.1) is 25.0 Å². The Morgan fingerprint density at radius 2 is 1.89 bits per heavy atom. The zero-order valence-corrected chi connectivity index (χ0v) is 16.7. The van der Waals surface area contributed by atoms with Crippen LogP contribution in [0.3, 0.4) is 0 Å². The molecule has 1 heterocycles. The highest BCUT2D eigenvalue weighted by Gasteiger charge is 2.18. The van der Waals surface area contributed by atoms with E-state index in [9.17, 15) is 9.59 Å². The third-order valence-electron chi connectivity index (χ3n) is 4.22. The third kappa shape index (κ3) is 6.68. The molecule has 1 aromatic rings. The van der Waals surface area contributed by atoms with Crippen molar-refractivity contribution >= 4 is 17.7 Å². The fraction of sp³-hybridized carbons (Fsp3) is 0.409. The molecule has 0 fully saturated rings. The van der Waals surface area contributed by atoms with E-state index in [4.69, 9.17) is 9.57 Å². The van der Waals surface area contributed by atoms with Gasteiger partial charge in [-0.15, -0.1) is 0 Å². The number of cyclic esters (lactones) is 1. The van der Waals surface area contributed by atoms with Crippen molar-refractivity contribution in [1.29, 1.82) is 0 Å². The van der Waals surface area contributed by atoms with E-state index in [1.165, 1.54) is 7.11 Å². The number of nitrogens with zero attached hydrogens (tertiary/aromatic N) is 1. The van der Waals surface area contributed by atoms with Crippen LogP contribution in [-0.2, 0) is 25.5 Å². The van der Waals surface area contributed by atoms with E-state index in [1.807, 2.05) is 44.2 Å². The molecule has 1 aliphatic rings. The summed E-state index contributed by atoms with van der Waals surface area (Å²) in [4.78, 5) is 29.0. The fourth-order valence-corrected chi connectivity index (χ4v) is 2.97. The van der Waals surface area contributed by atoms with Gasteiger partial charge in [-0.05, 0) is 50.3 Å². The molecule has 28 heavy (non-hydrogen) atoms. The molecule has 0 N–H and O–H groups in total. The lowest BCUT2D eigenvalue weighted by atomic mass is 9.95. The minimum absolute atomic E-state index is 0.266. The van der Waals surface area contributed by atoms with Crippen molar-refractivity contribution < 1.29 is 23.9 Å². The molecule has 1 aliphatic heterocycles. The van der Waals surface area contributed by atoms with E-state index >= 15 is 0 Å². The molecule has 0 aliphatic carbocycles.